The van der Waals surface area contributed by atoms with Gasteiger partial charge >= 0.3 is 5.97 Å². The van der Waals surface area contributed by atoms with Crippen LogP contribution in [0.4, 0.5) is 0 Å². The number of carbonyl (C=O) groups is 7. The number of primary amides is 1. The van der Waals surface area contributed by atoms with Gasteiger partial charge in [0.05, 0.1) is 18.8 Å². The number of carboxylic acid groups (broad SMARTS) is 1. The van der Waals surface area contributed by atoms with Gasteiger partial charge in [0.15, 0.2) is 12.0 Å². The predicted octanol–water partition coefficient (Wildman–Crippen LogP) is -5.31. The van der Waals surface area contributed by atoms with Crippen molar-refractivity contribution in [2.45, 2.75) is 88.3 Å². The molecule has 0 bridgehead atoms. The Hall–Kier alpha value is -5.54. The Morgan fingerprint density at radius 2 is 1.25 bits per heavy atom. The fraction of sp³-hybridized carbons (Fsp3) is 0.533. The molecule has 0 aromatic heterocycles. The van der Waals surface area contributed by atoms with Gasteiger partial charge in [-0.25, -0.2) is 4.79 Å². The number of aliphatic hydroxyl groups is 2. The van der Waals surface area contributed by atoms with Gasteiger partial charge in [-0.2, -0.15) is 0 Å². The molecule has 0 saturated heterocycles. The lowest BCUT2D eigenvalue weighted by atomic mass is 10.0. The summed E-state index contributed by atoms with van der Waals surface area (Å²) >= 11 is 0. The van der Waals surface area contributed by atoms with E-state index in [0.717, 1.165) is 6.92 Å². The van der Waals surface area contributed by atoms with Gasteiger partial charge in [0.1, 0.15) is 29.9 Å². The number of rotatable bonds is 22. The number of benzene rings is 1. The molecular formula is C30H48N10O11. The minimum atomic E-state index is -1.74. The summed E-state index contributed by atoms with van der Waals surface area (Å²) in [6.45, 7) is 1.56. The van der Waals surface area contributed by atoms with Gasteiger partial charge in [0, 0.05) is 19.4 Å². The number of aliphatic carboxylic acids is 1. The van der Waals surface area contributed by atoms with Crippen molar-refractivity contribution in [3.63, 3.8) is 0 Å². The van der Waals surface area contributed by atoms with Crippen LogP contribution in [-0.4, -0.2) is 123 Å². The molecule has 1 aromatic carbocycles. The number of phenolic OH excluding ortho intramolecular Hbond substituents is 1. The number of carboxylic acids is 1. The molecule has 0 fully saturated rings. The Balaban J connectivity index is 3.30. The molecule has 0 aliphatic heterocycles. The maximum absolute atomic E-state index is 13.6. The monoisotopic (exact) mass is 724 g/mol. The predicted molar refractivity (Wildman–Crippen MR) is 179 cm³/mol. The first-order valence-corrected chi connectivity index (χ1v) is 15.8. The topological polar surface area (TPSA) is 374 Å². The summed E-state index contributed by atoms with van der Waals surface area (Å²) in [5.41, 5.74) is 16.5. The van der Waals surface area contributed by atoms with Crippen molar-refractivity contribution >= 4 is 47.4 Å². The van der Waals surface area contributed by atoms with Gasteiger partial charge in [-0.05, 0) is 50.8 Å². The third-order valence-electron chi connectivity index (χ3n) is 7.21. The van der Waals surface area contributed by atoms with E-state index in [1.807, 2.05) is 0 Å². The van der Waals surface area contributed by atoms with Gasteiger partial charge in [-0.15, -0.1) is 0 Å². The van der Waals surface area contributed by atoms with Crippen LogP contribution in [0.15, 0.2) is 24.3 Å². The summed E-state index contributed by atoms with van der Waals surface area (Å²) in [6.07, 6.45) is -2.34. The Morgan fingerprint density at radius 3 is 1.76 bits per heavy atom. The summed E-state index contributed by atoms with van der Waals surface area (Å²) in [6, 6.07) is -3.27. The van der Waals surface area contributed by atoms with Crippen molar-refractivity contribution in [3.05, 3.63) is 29.8 Å². The third kappa shape index (κ3) is 16.1. The van der Waals surface area contributed by atoms with Gasteiger partial charge in [-0.1, -0.05) is 12.1 Å². The van der Waals surface area contributed by atoms with Crippen LogP contribution >= 0.6 is 0 Å². The Labute approximate surface area is 293 Å². The lowest BCUT2D eigenvalue weighted by molar-refractivity contribution is -0.145. The van der Waals surface area contributed by atoms with Gasteiger partial charge in [-0.3, -0.25) is 34.2 Å². The Morgan fingerprint density at radius 1 is 0.765 bits per heavy atom. The van der Waals surface area contributed by atoms with Crippen LogP contribution in [0.5, 0.6) is 5.75 Å². The number of aliphatic hydroxyl groups excluding tert-OH is 2. The van der Waals surface area contributed by atoms with E-state index in [-0.39, 0.29) is 50.4 Å². The molecule has 17 N–H and O–H groups in total. The normalized spacial score (nSPS) is 14.9. The minimum absolute atomic E-state index is 0.0810. The molecule has 0 aliphatic rings. The molecule has 0 aliphatic carbocycles. The Bertz CT molecular complexity index is 1390. The third-order valence-corrected chi connectivity index (χ3v) is 7.21. The van der Waals surface area contributed by atoms with E-state index in [2.05, 4.69) is 31.9 Å². The SMILES string of the molecule is C[C@H](N)C(=O)N[C@@H](CCC(N)=O)C(=O)N[C@@H](Cc1ccc(O)cc1)C(=O)N[C@@H](CO)C(=O)N[C@@H](CCCNC(=N)N)C(=O)N[C@H](C(=O)O)[C@@H](C)O. The van der Waals surface area contributed by atoms with Crippen molar-refractivity contribution in [1.82, 2.24) is 31.9 Å². The molecule has 0 heterocycles. The molecule has 0 unspecified atom stereocenters. The zero-order valence-corrected chi connectivity index (χ0v) is 28.2. The number of carbonyl (C=O) groups excluding carboxylic acids is 6. The molecule has 51 heavy (non-hydrogen) atoms. The van der Waals surface area contributed by atoms with E-state index < -0.39 is 90.4 Å². The molecule has 7 atom stereocenters. The van der Waals surface area contributed by atoms with Crippen LogP contribution in [0, 0.1) is 5.41 Å². The average Bonchev–Trinajstić information content (AvgIpc) is 3.05. The van der Waals surface area contributed by atoms with Gasteiger partial charge < -0.3 is 69.5 Å². The van der Waals surface area contributed by atoms with Crippen LogP contribution in [0.2, 0.25) is 0 Å². The minimum Gasteiger partial charge on any atom is -0.508 e. The zero-order valence-electron chi connectivity index (χ0n) is 28.2. The molecule has 1 aromatic rings. The number of nitrogens with two attached hydrogens (primary N) is 3. The van der Waals surface area contributed by atoms with Crippen LogP contribution in [0.1, 0.15) is 45.1 Å². The molecule has 1 rings (SSSR count). The van der Waals surface area contributed by atoms with E-state index >= 15 is 0 Å². The first-order valence-electron chi connectivity index (χ1n) is 15.8. The van der Waals surface area contributed by atoms with Crippen molar-refractivity contribution in [3.8, 4) is 5.75 Å². The number of amides is 6. The first kappa shape index (κ1) is 43.5. The van der Waals surface area contributed by atoms with E-state index in [0.29, 0.717) is 5.56 Å². The van der Waals surface area contributed by atoms with Crippen LogP contribution < -0.4 is 49.1 Å². The largest absolute Gasteiger partial charge is 0.508 e. The maximum atomic E-state index is 13.6. The lowest BCUT2D eigenvalue weighted by Crippen LogP contribution is -2.60. The van der Waals surface area contributed by atoms with Crippen molar-refractivity contribution < 1.29 is 54.0 Å². The van der Waals surface area contributed by atoms with E-state index in [4.69, 9.17) is 22.6 Å². The molecular weight excluding hydrogens is 676 g/mol. The second kappa shape index (κ2) is 21.5. The smallest absolute Gasteiger partial charge is 0.328 e. The van der Waals surface area contributed by atoms with Crippen molar-refractivity contribution in [2.24, 2.45) is 17.2 Å². The summed E-state index contributed by atoms with van der Waals surface area (Å²) in [4.78, 5) is 88.5. The quantitative estimate of drug-likeness (QED) is 0.0302. The first-order chi connectivity index (χ1) is 23.9. The highest BCUT2D eigenvalue weighted by Gasteiger charge is 2.33. The van der Waals surface area contributed by atoms with Crippen molar-refractivity contribution in [1.29, 1.82) is 5.41 Å². The highest BCUT2D eigenvalue weighted by atomic mass is 16.4. The molecule has 6 amide bonds. The summed E-state index contributed by atoms with van der Waals surface area (Å²) in [5.74, 6) is -7.57. The maximum Gasteiger partial charge on any atom is 0.328 e. The second-order valence-electron chi connectivity index (χ2n) is 11.6. The standard InChI is InChI=1S/C30H48N10O11/c1-14(31)24(45)36-19(9-10-22(32)44)25(46)38-20(12-16-5-7-17(43)8-6-16)27(48)39-21(13-41)28(49)37-18(4-3-11-35-30(33)34)26(47)40-23(15(2)42)29(50)51/h5-8,14-15,18-21,23,41-43H,3-4,9-13,31H2,1-2H3,(H2,32,44)(H,36,45)(H,37,49)(H,38,46)(H,39,48)(H,40,47)(H,50,51)(H4,33,34,35)/t14-,15+,18-,19-,20-,21-,23-/m0/s1. The molecule has 0 spiro atoms. The number of aromatic hydroxyl groups is 1. The van der Waals surface area contributed by atoms with E-state index in [9.17, 15) is 54.0 Å². The van der Waals surface area contributed by atoms with E-state index in [1.54, 1.807) is 0 Å². The number of nitrogens with one attached hydrogen (secondary N) is 7. The van der Waals surface area contributed by atoms with Crippen LogP contribution in [-0.2, 0) is 40.0 Å². The fourth-order valence-corrected chi connectivity index (χ4v) is 4.39. The summed E-state index contributed by atoms with van der Waals surface area (Å²) < 4.78 is 0. The summed E-state index contributed by atoms with van der Waals surface area (Å²) in [5, 5.41) is 60.2. The number of hydrogen-bond acceptors (Lipinski definition) is 12. The molecule has 284 valence electrons. The fourth-order valence-electron chi connectivity index (χ4n) is 4.39. The number of phenols is 1. The highest BCUT2D eigenvalue weighted by Crippen LogP contribution is 2.12. The second-order valence-corrected chi connectivity index (χ2v) is 11.6. The van der Waals surface area contributed by atoms with Crippen LogP contribution in [0.25, 0.3) is 0 Å². The summed E-state index contributed by atoms with van der Waals surface area (Å²) in [7, 11) is 0. The molecule has 21 nitrogen and oxygen atoms in total. The number of hydrogen-bond donors (Lipinski definition) is 14. The Kier molecular flexibility index (Phi) is 18.4. The highest BCUT2D eigenvalue weighted by molar-refractivity contribution is 5.96. The van der Waals surface area contributed by atoms with E-state index in [1.165, 1.54) is 31.2 Å². The zero-order chi connectivity index (χ0) is 38.8. The average molecular weight is 725 g/mol. The van der Waals surface area contributed by atoms with Crippen molar-refractivity contribution in [2.75, 3.05) is 13.2 Å². The molecule has 21 heteroatoms. The molecule has 0 saturated carbocycles. The number of guanidine groups is 1. The van der Waals surface area contributed by atoms with Gasteiger partial charge in [0.25, 0.3) is 0 Å². The van der Waals surface area contributed by atoms with Crippen LogP contribution in [0.3, 0.4) is 0 Å². The van der Waals surface area contributed by atoms with Gasteiger partial charge in [0.2, 0.25) is 35.4 Å². The molecule has 0 radical (unpaired) electrons. The lowest BCUT2D eigenvalue weighted by Gasteiger charge is -2.27.